The van der Waals surface area contributed by atoms with Gasteiger partial charge in [0.15, 0.2) is 5.92 Å². The van der Waals surface area contributed by atoms with Crippen molar-refractivity contribution in [3.8, 4) is 0 Å². The van der Waals surface area contributed by atoms with Crippen LogP contribution < -0.4 is 0 Å². The number of esters is 2. The second kappa shape index (κ2) is 5.74. The van der Waals surface area contributed by atoms with Crippen LogP contribution in [0.5, 0.6) is 0 Å². The first-order valence-electron chi connectivity index (χ1n) is 7.22. The Hall–Kier alpha value is -2.27. The number of nitrogens with one attached hydrogen (secondary N) is 1. The molecule has 0 radical (unpaired) electrons. The summed E-state index contributed by atoms with van der Waals surface area (Å²) in [4.78, 5) is 27.9. The van der Waals surface area contributed by atoms with Crippen molar-refractivity contribution in [2.75, 3.05) is 0 Å². The van der Waals surface area contributed by atoms with E-state index in [4.69, 9.17) is 21.1 Å². The minimum absolute atomic E-state index is 0.529. The standard InChI is InChI=1S/C17H16ClNO4/c1-17(2)22-15(20)14(16(21)23-17)13(12-4-3-9-19-12)10-5-7-11(18)8-6-10/h3-9,13-14,19H,1-2H3. The summed E-state index contributed by atoms with van der Waals surface area (Å²) in [5.74, 6) is -4.03. The summed E-state index contributed by atoms with van der Waals surface area (Å²) >= 11 is 5.93. The van der Waals surface area contributed by atoms with Gasteiger partial charge in [0, 0.05) is 36.7 Å². The first-order valence-corrected chi connectivity index (χ1v) is 7.60. The topological polar surface area (TPSA) is 68.4 Å². The monoisotopic (exact) mass is 333 g/mol. The first kappa shape index (κ1) is 15.6. The van der Waals surface area contributed by atoms with Gasteiger partial charge in [0.1, 0.15) is 0 Å². The number of cyclic esters (lactones) is 2. The average molecular weight is 334 g/mol. The summed E-state index contributed by atoms with van der Waals surface area (Å²) < 4.78 is 10.5. The van der Waals surface area contributed by atoms with Crippen molar-refractivity contribution in [3.05, 3.63) is 58.9 Å². The van der Waals surface area contributed by atoms with Crippen LogP contribution in [0.2, 0.25) is 5.02 Å². The van der Waals surface area contributed by atoms with E-state index in [9.17, 15) is 9.59 Å². The highest BCUT2D eigenvalue weighted by Gasteiger charge is 2.48. The minimum Gasteiger partial charge on any atom is -0.422 e. The molecular formula is C17H16ClNO4. The fourth-order valence-electron chi connectivity index (χ4n) is 2.76. The van der Waals surface area contributed by atoms with E-state index in [1.165, 1.54) is 13.8 Å². The number of hydrogen-bond acceptors (Lipinski definition) is 4. The van der Waals surface area contributed by atoms with E-state index < -0.39 is 29.6 Å². The van der Waals surface area contributed by atoms with E-state index in [0.29, 0.717) is 5.02 Å². The summed E-state index contributed by atoms with van der Waals surface area (Å²) in [6.07, 6.45) is 1.74. The Morgan fingerprint density at radius 1 is 1.09 bits per heavy atom. The molecule has 0 aliphatic carbocycles. The number of halogens is 1. The Labute approximate surface area is 138 Å². The number of ether oxygens (including phenoxy) is 2. The van der Waals surface area contributed by atoms with E-state index in [2.05, 4.69) is 4.98 Å². The molecule has 1 aliphatic heterocycles. The molecule has 0 saturated carbocycles. The third kappa shape index (κ3) is 3.10. The zero-order chi connectivity index (χ0) is 16.6. The van der Waals surface area contributed by atoms with Crippen LogP contribution in [0.25, 0.3) is 0 Å². The second-order valence-corrected chi connectivity index (χ2v) is 6.31. The molecule has 1 aromatic carbocycles. The Morgan fingerprint density at radius 2 is 1.70 bits per heavy atom. The predicted octanol–water partition coefficient (Wildman–Crippen LogP) is 3.25. The van der Waals surface area contributed by atoms with Crippen LogP contribution in [0, 0.1) is 5.92 Å². The normalized spacial score (nSPS) is 19.1. The lowest BCUT2D eigenvalue weighted by Crippen LogP contribution is -2.48. The molecule has 1 N–H and O–H groups in total. The van der Waals surface area contributed by atoms with Crippen molar-refractivity contribution in [1.29, 1.82) is 0 Å². The van der Waals surface area contributed by atoms with Gasteiger partial charge >= 0.3 is 11.9 Å². The maximum absolute atomic E-state index is 12.4. The third-order valence-corrected chi connectivity index (χ3v) is 3.97. The van der Waals surface area contributed by atoms with Crippen LogP contribution in [0.3, 0.4) is 0 Å². The lowest BCUT2D eigenvalue weighted by Gasteiger charge is -2.35. The summed E-state index contributed by atoms with van der Waals surface area (Å²) in [7, 11) is 0. The lowest BCUT2D eigenvalue weighted by molar-refractivity contribution is -0.240. The quantitative estimate of drug-likeness (QED) is 0.691. The van der Waals surface area contributed by atoms with Gasteiger partial charge < -0.3 is 14.5 Å². The first-order chi connectivity index (χ1) is 10.9. The maximum atomic E-state index is 12.4. The average Bonchev–Trinajstić information content (AvgIpc) is 2.96. The molecule has 1 unspecified atom stereocenters. The largest absolute Gasteiger partial charge is 0.422 e. The molecular weight excluding hydrogens is 318 g/mol. The molecule has 3 rings (SSSR count). The fourth-order valence-corrected chi connectivity index (χ4v) is 2.89. The molecule has 0 amide bonds. The molecule has 23 heavy (non-hydrogen) atoms. The summed E-state index contributed by atoms with van der Waals surface area (Å²) in [6, 6.07) is 10.6. The van der Waals surface area contributed by atoms with Crippen LogP contribution in [0.1, 0.15) is 31.0 Å². The molecule has 1 saturated heterocycles. The van der Waals surface area contributed by atoms with Gasteiger partial charge in [-0.15, -0.1) is 0 Å². The maximum Gasteiger partial charge on any atom is 0.324 e. The van der Waals surface area contributed by atoms with Gasteiger partial charge in [-0.05, 0) is 29.8 Å². The zero-order valence-electron chi connectivity index (χ0n) is 12.7. The highest BCUT2D eigenvalue weighted by Crippen LogP contribution is 2.37. The van der Waals surface area contributed by atoms with Gasteiger partial charge in [-0.3, -0.25) is 9.59 Å². The number of aromatic amines is 1. The Balaban J connectivity index is 2.04. The lowest BCUT2D eigenvalue weighted by atomic mass is 9.83. The van der Waals surface area contributed by atoms with Crippen molar-refractivity contribution < 1.29 is 19.1 Å². The summed E-state index contributed by atoms with van der Waals surface area (Å²) in [5.41, 5.74) is 1.50. The van der Waals surface area contributed by atoms with Crippen molar-refractivity contribution in [2.45, 2.75) is 25.6 Å². The van der Waals surface area contributed by atoms with Crippen LogP contribution in [0.4, 0.5) is 0 Å². The van der Waals surface area contributed by atoms with Crippen molar-refractivity contribution in [1.82, 2.24) is 4.98 Å². The van der Waals surface area contributed by atoms with Crippen LogP contribution >= 0.6 is 11.6 Å². The molecule has 0 spiro atoms. The number of carbonyl (C=O) groups excluding carboxylic acids is 2. The van der Waals surface area contributed by atoms with Gasteiger partial charge in [-0.25, -0.2) is 0 Å². The summed E-state index contributed by atoms with van der Waals surface area (Å²) in [5, 5.41) is 0.578. The van der Waals surface area contributed by atoms with Crippen molar-refractivity contribution in [2.24, 2.45) is 5.92 Å². The molecule has 0 bridgehead atoms. The Kier molecular flexibility index (Phi) is 3.90. The van der Waals surface area contributed by atoms with Crippen LogP contribution in [0.15, 0.2) is 42.6 Å². The van der Waals surface area contributed by atoms with Crippen LogP contribution in [-0.4, -0.2) is 22.7 Å². The van der Waals surface area contributed by atoms with E-state index in [-0.39, 0.29) is 0 Å². The molecule has 1 aliphatic rings. The second-order valence-electron chi connectivity index (χ2n) is 5.87. The molecule has 1 aromatic heterocycles. The molecule has 6 heteroatoms. The molecule has 120 valence electrons. The van der Waals surface area contributed by atoms with Crippen LogP contribution in [-0.2, 0) is 19.1 Å². The van der Waals surface area contributed by atoms with E-state index in [1.54, 1.807) is 30.5 Å². The summed E-state index contributed by atoms with van der Waals surface area (Å²) in [6.45, 7) is 3.07. The van der Waals surface area contributed by atoms with Crippen molar-refractivity contribution >= 4 is 23.5 Å². The highest BCUT2D eigenvalue weighted by atomic mass is 35.5. The van der Waals surface area contributed by atoms with Crippen molar-refractivity contribution in [3.63, 3.8) is 0 Å². The molecule has 5 nitrogen and oxygen atoms in total. The van der Waals surface area contributed by atoms with Gasteiger partial charge in [0.2, 0.25) is 0 Å². The van der Waals surface area contributed by atoms with E-state index in [1.807, 2.05) is 12.1 Å². The fraction of sp³-hybridized carbons (Fsp3) is 0.294. The van der Waals surface area contributed by atoms with Gasteiger partial charge in [-0.1, -0.05) is 23.7 Å². The molecule has 1 fully saturated rings. The number of rotatable bonds is 3. The molecule has 1 atom stereocenters. The SMILES string of the molecule is CC1(C)OC(=O)C(C(c2ccc(Cl)cc2)c2ccc[nH]2)C(=O)O1. The minimum atomic E-state index is -1.25. The Bertz CT molecular complexity index is 702. The number of hydrogen-bond donors (Lipinski definition) is 1. The predicted molar refractivity (Wildman–Crippen MR) is 83.8 cm³/mol. The number of H-pyrrole nitrogens is 1. The Morgan fingerprint density at radius 3 is 2.22 bits per heavy atom. The van der Waals surface area contributed by atoms with E-state index >= 15 is 0 Å². The van der Waals surface area contributed by atoms with Gasteiger partial charge in [0.25, 0.3) is 5.79 Å². The highest BCUT2D eigenvalue weighted by molar-refractivity contribution is 6.30. The number of benzene rings is 1. The van der Waals surface area contributed by atoms with E-state index in [0.717, 1.165) is 11.3 Å². The molecule has 2 aromatic rings. The zero-order valence-corrected chi connectivity index (χ0v) is 13.5. The number of carbonyl (C=O) groups is 2. The third-order valence-electron chi connectivity index (χ3n) is 3.72. The smallest absolute Gasteiger partial charge is 0.324 e. The van der Waals surface area contributed by atoms with Gasteiger partial charge in [-0.2, -0.15) is 0 Å². The molecule has 2 heterocycles. The number of aromatic nitrogens is 1. The van der Waals surface area contributed by atoms with Gasteiger partial charge in [0.05, 0.1) is 0 Å².